The minimum atomic E-state index is -2.53. The normalized spacial score (nSPS) is 26.8. The number of rotatable bonds is 4. The molecule has 1 aliphatic rings. The summed E-state index contributed by atoms with van der Waals surface area (Å²) in [6.07, 6.45) is -0.0497. The highest BCUT2D eigenvalue weighted by Gasteiger charge is 2.41. The molecule has 0 spiro atoms. The van der Waals surface area contributed by atoms with Crippen LogP contribution in [0.5, 0.6) is 5.75 Å². The Bertz CT molecular complexity index is 754. The summed E-state index contributed by atoms with van der Waals surface area (Å²) in [6, 6.07) is 15.9. The van der Waals surface area contributed by atoms with E-state index in [2.05, 4.69) is 0 Å². The van der Waals surface area contributed by atoms with Gasteiger partial charge in [0.15, 0.2) is 0 Å². The molecule has 0 amide bonds. The van der Waals surface area contributed by atoms with E-state index in [1.807, 2.05) is 37.3 Å². The van der Waals surface area contributed by atoms with Crippen LogP contribution in [0.15, 0.2) is 54.6 Å². The second-order valence-corrected chi connectivity index (χ2v) is 11.3. The third kappa shape index (κ3) is 3.75. The maximum absolute atomic E-state index is 10.7. The van der Waals surface area contributed by atoms with Gasteiger partial charge >= 0.3 is 0 Å². The van der Waals surface area contributed by atoms with Crippen molar-refractivity contribution in [1.29, 1.82) is 0 Å². The molecule has 23 heavy (non-hydrogen) atoms. The molecule has 2 aromatic rings. The molecular weight excluding hydrogens is 353 g/mol. The Morgan fingerprint density at radius 1 is 1.22 bits per heavy atom. The van der Waals surface area contributed by atoms with Crippen LogP contribution in [-0.4, -0.2) is 11.0 Å². The standard InChI is InChI=1S/C15H14NO4PS2/c1-11-15(12-5-3-2-4-6-12)23-21(22,19-11)20-14-9-7-13(8-10-14)16(17)18/h2-11,15H,1H3/t11-,15+,21?/m0/s1. The van der Waals surface area contributed by atoms with E-state index in [1.54, 1.807) is 12.1 Å². The highest BCUT2D eigenvalue weighted by atomic mass is 32.9. The van der Waals surface area contributed by atoms with Crippen molar-refractivity contribution in [1.82, 2.24) is 0 Å². The molecule has 0 bridgehead atoms. The van der Waals surface area contributed by atoms with E-state index < -0.39 is 10.6 Å². The summed E-state index contributed by atoms with van der Waals surface area (Å²) < 4.78 is 11.8. The van der Waals surface area contributed by atoms with Gasteiger partial charge in [0.25, 0.3) is 11.4 Å². The molecule has 1 aliphatic heterocycles. The average Bonchev–Trinajstić information content (AvgIpc) is 2.83. The van der Waals surface area contributed by atoms with Gasteiger partial charge in [-0.25, -0.2) is 0 Å². The van der Waals surface area contributed by atoms with Crippen molar-refractivity contribution in [2.24, 2.45) is 0 Å². The molecule has 1 fully saturated rings. The molecule has 1 heterocycles. The van der Waals surface area contributed by atoms with E-state index in [4.69, 9.17) is 20.9 Å². The Balaban J connectivity index is 1.75. The lowest BCUT2D eigenvalue weighted by Gasteiger charge is -2.15. The molecule has 0 radical (unpaired) electrons. The van der Waals surface area contributed by atoms with Gasteiger partial charge in [0.05, 0.1) is 16.3 Å². The number of hydrogen-bond donors (Lipinski definition) is 0. The highest BCUT2D eigenvalue weighted by Crippen LogP contribution is 2.72. The topological polar surface area (TPSA) is 61.6 Å². The molecule has 8 heteroatoms. The molecule has 1 unspecified atom stereocenters. The zero-order valence-corrected chi connectivity index (χ0v) is 14.7. The van der Waals surface area contributed by atoms with Gasteiger partial charge in [0.1, 0.15) is 5.75 Å². The lowest BCUT2D eigenvalue weighted by molar-refractivity contribution is -0.384. The zero-order chi connectivity index (χ0) is 16.4. The Kier molecular flexibility index (Phi) is 4.73. The van der Waals surface area contributed by atoms with Gasteiger partial charge in [0, 0.05) is 12.1 Å². The van der Waals surface area contributed by atoms with Gasteiger partial charge in [-0.05, 0) is 47.8 Å². The van der Waals surface area contributed by atoms with Gasteiger partial charge in [-0.1, -0.05) is 30.3 Å². The van der Waals surface area contributed by atoms with Crippen molar-refractivity contribution < 1.29 is 14.0 Å². The average molecular weight is 367 g/mol. The van der Waals surface area contributed by atoms with Crippen LogP contribution >= 0.6 is 17.1 Å². The molecule has 3 rings (SSSR count). The van der Waals surface area contributed by atoms with Gasteiger partial charge in [-0.2, -0.15) is 0 Å². The second-order valence-electron chi connectivity index (χ2n) is 5.04. The summed E-state index contributed by atoms with van der Waals surface area (Å²) in [7, 11) is 0. The zero-order valence-electron chi connectivity index (χ0n) is 12.2. The molecule has 0 saturated carbocycles. The third-order valence-electron chi connectivity index (χ3n) is 3.36. The number of hydrogen-bond acceptors (Lipinski definition) is 6. The van der Waals surface area contributed by atoms with E-state index in [0.717, 1.165) is 5.56 Å². The number of nitrogens with zero attached hydrogens (tertiary/aromatic N) is 1. The molecule has 120 valence electrons. The van der Waals surface area contributed by atoms with Crippen molar-refractivity contribution in [3.63, 3.8) is 0 Å². The van der Waals surface area contributed by atoms with Crippen LogP contribution in [0, 0.1) is 10.1 Å². The number of nitro groups is 1. The van der Waals surface area contributed by atoms with Gasteiger partial charge in [-0.3, -0.25) is 10.1 Å². The minimum absolute atomic E-state index is 0.0182. The van der Waals surface area contributed by atoms with Gasteiger partial charge in [0.2, 0.25) is 0 Å². The van der Waals surface area contributed by atoms with Crippen molar-refractivity contribution in [2.45, 2.75) is 18.3 Å². The van der Waals surface area contributed by atoms with Crippen LogP contribution in [0.1, 0.15) is 17.7 Å². The molecule has 0 aliphatic carbocycles. The van der Waals surface area contributed by atoms with Gasteiger partial charge < -0.3 is 9.05 Å². The largest absolute Gasteiger partial charge is 0.436 e. The van der Waals surface area contributed by atoms with Crippen LogP contribution in [0.4, 0.5) is 5.69 Å². The Morgan fingerprint density at radius 2 is 1.87 bits per heavy atom. The van der Waals surface area contributed by atoms with E-state index in [0.29, 0.717) is 5.75 Å². The minimum Gasteiger partial charge on any atom is -0.436 e. The van der Waals surface area contributed by atoms with Crippen LogP contribution in [0.25, 0.3) is 0 Å². The van der Waals surface area contributed by atoms with Crippen LogP contribution in [0.3, 0.4) is 0 Å². The SMILES string of the molecule is C[C@@H]1OP(=S)(Oc2ccc([N+](=O)[O-])cc2)S[C@H]1c1ccccc1. The summed E-state index contributed by atoms with van der Waals surface area (Å²) in [4.78, 5) is 10.2. The first-order valence-corrected chi connectivity index (χ1v) is 11.0. The molecule has 2 aromatic carbocycles. The third-order valence-corrected chi connectivity index (χ3v) is 8.72. The number of benzene rings is 2. The first-order valence-electron chi connectivity index (χ1n) is 6.93. The quantitative estimate of drug-likeness (QED) is 0.426. The number of nitro benzene ring substituents is 1. The van der Waals surface area contributed by atoms with Crippen molar-refractivity contribution in [3.8, 4) is 5.75 Å². The molecule has 0 N–H and O–H groups in total. The lowest BCUT2D eigenvalue weighted by Crippen LogP contribution is -2.07. The van der Waals surface area contributed by atoms with Crippen molar-refractivity contribution >= 4 is 34.6 Å². The first kappa shape index (κ1) is 16.5. The molecular formula is C15H14NO4PS2. The monoisotopic (exact) mass is 367 g/mol. The highest BCUT2D eigenvalue weighted by molar-refractivity contribution is 8.68. The fourth-order valence-corrected chi connectivity index (χ4v) is 8.35. The first-order chi connectivity index (χ1) is 11.0. The Labute approximate surface area is 143 Å². The van der Waals surface area contributed by atoms with E-state index in [1.165, 1.54) is 23.5 Å². The predicted octanol–water partition coefficient (Wildman–Crippen LogP) is 5.09. The summed E-state index contributed by atoms with van der Waals surface area (Å²) in [5.74, 6) is 0.493. The summed E-state index contributed by atoms with van der Waals surface area (Å²) >= 11 is 7.11. The van der Waals surface area contributed by atoms with Crippen molar-refractivity contribution in [2.75, 3.05) is 0 Å². The maximum Gasteiger partial charge on any atom is 0.298 e. The predicted molar refractivity (Wildman–Crippen MR) is 95.3 cm³/mol. The molecule has 3 atom stereocenters. The van der Waals surface area contributed by atoms with E-state index in [-0.39, 0.29) is 17.0 Å². The Hall–Kier alpha value is -1.40. The fraction of sp³-hybridized carbons (Fsp3) is 0.200. The molecule has 1 saturated heterocycles. The van der Waals surface area contributed by atoms with E-state index in [9.17, 15) is 10.1 Å². The molecule has 5 nitrogen and oxygen atoms in total. The smallest absolute Gasteiger partial charge is 0.298 e. The van der Waals surface area contributed by atoms with E-state index >= 15 is 0 Å². The van der Waals surface area contributed by atoms with Gasteiger partial charge in [-0.15, -0.1) is 0 Å². The van der Waals surface area contributed by atoms with Crippen LogP contribution < -0.4 is 4.52 Å². The summed E-state index contributed by atoms with van der Waals surface area (Å²) in [5, 5.41) is 10.8. The summed E-state index contributed by atoms with van der Waals surface area (Å²) in [6.45, 7) is 1.98. The van der Waals surface area contributed by atoms with Crippen LogP contribution in [-0.2, 0) is 16.3 Å². The summed E-state index contributed by atoms with van der Waals surface area (Å²) in [5.41, 5.74) is -1.35. The van der Waals surface area contributed by atoms with Crippen LogP contribution in [0.2, 0.25) is 0 Å². The second kappa shape index (κ2) is 6.61. The maximum atomic E-state index is 10.7. The Morgan fingerprint density at radius 3 is 2.48 bits per heavy atom. The van der Waals surface area contributed by atoms with Crippen molar-refractivity contribution in [3.05, 3.63) is 70.3 Å². The fourth-order valence-electron chi connectivity index (χ4n) is 2.28. The lowest BCUT2D eigenvalue weighted by atomic mass is 10.1. The number of non-ortho nitro benzene ring substituents is 1. The molecule has 0 aromatic heterocycles.